The lowest BCUT2D eigenvalue weighted by atomic mass is 10.2. The van der Waals surface area contributed by atoms with Gasteiger partial charge >= 0.3 is 0 Å². The summed E-state index contributed by atoms with van der Waals surface area (Å²) >= 11 is 0. The molecule has 1 saturated heterocycles. The van der Waals surface area contributed by atoms with Crippen molar-refractivity contribution in [1.29, 1.82) is 0 Å². The number of nitrogens with zero attached hydrogens (tertiary/aromatic N) is 2. The van der Waals surface area contributed by atoms with Gasteiger partial charge in [-0.3, -0.25) is 4.79 Å². The van der Waals surface area contributed by atoms with Gasteiger partial charge in [-0.25, -0.2) is 9.37 Å². The maximum Gasteiger partial charge on any atom is 0.249 e. The van der Waals surface area contributed by atoms with Gasteiger partial charge in [0.2, 0.25) is 5.91 Å². The topological polar surface area (TPSA) is 82.2 Å². The third-order valence-electron chi connectivity index (χ3n) is 4.27. The first kappa shape index (κ1) is 15.9. The van der Waals surface area contributed by atoms with Gasteiger partial charge in [0.05, 0.1) is 11.6 Å². The van der Waals surface area contributed by atoms with Crippen molar-refractivity contribution in [3.8, 4) is 0 Å². The molecule has 2 aromatic rings. The van der Waals surface area contributed by atoms with Gasteiger partial charge in [0, 0.05) is 26.6 Å². The van der Waals surface area contributed by atoms with Gasteiger partial charge in [0.1, 0.15) is 17.4 Å². The zero-order chi connectivity index (χ0) is 16.4. The van der Waals surface area contributed by atoms with Crippen molar-refractivity contribution in [1.82, 2.24) is 14.9 Å². The number of halogens is 1. The molecular weight excluding hydrogens is 299 g/mol. The van der Waals surface area contributed by atoms with Crippen LogP contribution < -0.4 is 11.1 Å². The standard InChI is InChI=1S/C16H21FN4O2/c1-21-12-4-2-3-11(17)15(12)20-14(21)7-8-19-16(22)13-6-5-10(9-18)23-13/h2-4,10,13H,5-9,18H2,1H3,(H,19,22)/t10-,13+/m1/s1. The second kappa shape index (κ2) is 6.64. The van der Waals surface area contributed by atoms with Crippen molar-refractivity contribution in [2.24, 2.45) is 12.8 Å². The van der Waals surface area contributed by atoms with Crippen molar-refractivity contribution >= 4 is 16.9 Å². The molecule has 3 rings (SSSR count). The Balaban J connectivity index is 1.58. The van der Waals surface area contributed by atoms with Crippen molar-refractivity contribution in [2.75, 3.05) is 13.1 Å². The van der Waals surface area contributed by atoms with Gasteiger partial charge < -0.3 is 20.4 Å². The van der Waals surface area contributed by atoms with Crippen molar-refractivity contribution in [3.05, 3.63) is 29.8 Å². The largest absolute Gasteiger partial charge is 0.364 e. The molecule has 0 radical (unpaired) electrons. The number of para-hydroxylation sites is 1. The average Bonchev–Trinajstić information content (AvgIpc) is 3.14. The van der Waals surface area contributed by atoms with Gasteiger partial charge in [-0.05, 0) is 25.0 Å². The molecule has 2 atom stereocenters. The van der Waals surface area contributed by atoms with Crippen LogP contribution in [0.15, 0.2) is 18.2 Å². The van der Waals surface area contributed by atoms with E-state index >= 15 is 0 Å². The number of aryl methyl sites for hydroxylation is 1. The summed E-state index contributed by atoms with van der Waals surface area (Å²) in [5.41, 5.74) is 6.65. The predicted molar refractivity (Wildman–Crippen MR) is 84.3 cm³/mol. The summed E-state index contributed by atoms with van der Waals surface area (Å²) in [6.45, 7) is 0.875. The number of hydrogen-bond donors (Lipinski definition) is 2. The molecule has 1 aliphatic rings. The van der Waals surface area contributed by atoms with E-state index in [0.29, 0.717) is 31.4 Å². The number of ether oxygens (including phenoxy) is 1. The van der Waals surface area contributed by atoms with E-state index in [1.165, 1.54) is 6.07 Å². The van der Waals surface area contributed by atoms with Gasteiger partial charge in [-0.15, -0.1) is 0 Å². The van der Waals surface area contributed by atoms with Crippen LogP contribution in [-0.2, 0) is 23.0 Å². The van der Waals surface area contributed by atoms with Crippen LogP contribution in [0.2, 0.25) is 0 Å². The number of carbonyl (C=O) groups is 1. The highest BCUT2D eigenvalue weighted by atomic mass is 19.1. The van der Waals surface area contributed by atoms with Crippen molar-refractivity contribution in [2.45, 2.75) is 31.5 Å². The molecule has 0 bridgehead atoms. The molecule has 7 heteroatoms. The molecule has 2 heterocycles. The average molecular weight is 320 g/mol. The van der Waals surface area contributed by atoms with Crippen LogP contribution in [-0.4, -0.2) is 40.8 Å². The first-order chi connectivity index (χ1) is 11.1. The van der Waals surface area contributed by atoms with Crippen LogP contribution in [0.1, 0.15) is 18.7 Å². The number of nitrogens with two attached hydrogens (primary N) is 1. The lowest BCUT2D eigenvalue weighted by Crippen LogP contribution is -2.36. The maximum absolute atomic E-state index is 13.7. The number of imidazole rings is 1. The van der Waals surface area contributed by atoms with E-state index in [2.05, 4.69) is 10.3 Å². The molecule has 23 heavy (non-hydrogen) atoms. The summed E-state index contributed by atoms with van der Waals surface area (Å²) in [6.07, 6.45) is 1.61. The quantitative estimate of drug-likeness (QED) is 0.857. The molecule has 124 valence electrons. The molecule has 0 aliphatic carbocycles. The molecule has 0 unspecified atom stereocenters. The van der Waals surface area contributed by atoms with Gasteiger partial charge in [-0.1, -0.05) is 6.07 Å². The van der Waals surface area contributed by atoms with E-state index in [0.717, 1.165) is 17.8 Å². The summed E-state index contributed by atoms with van der Waals surface area (Å²) in [7, 11) is 1.85. The van der Waals surface area contributed by atoms with Gasteiger partial charge in [0.25, 0.3) is 0 Å². The van der Waals surface area contributed by atoms with E-state index in [9.17, 15) is 9.18 Å². The second-order valence-electron chi connectivity index (χ2n) is 5.80. The monoisotopic (exact) mass is 320 g/mol. The third kappa shape index (κ3) is 3.20. The fraction of sp³-hybridized carbons (Fsp3) is 0.500. The van der Waals surface area contributed by atoms with E-state index < -0.39 is 6.10 Å². The molecule has 1 fully saturated rings. The van der Waals surface area contributed by atoms with Gasteiger partial charge in [0.15, 0.2) is 5.82 Å². The fourth-order valence-electron chi connectivity index (χ4n) is 2.94. The number of hydrogen-bond acceptors (Lipinski definition) is 4. The SMILES string of the molecule is Cn1c(CCNC(=O)[C@@H]2CC[C@H](CN)O2)nc2c(F)cccc21. The first-order valence-electron chi connectivity index (χ1n) is 7.83. The van der Waals surface area contributed by atoms with E-state index in [4.69, 9.17) is 10.5 Å². The summed E-state index contributed by atoms with van der Waals surface area (Å²) in [6, 6.07) is 4.88. The molecule has 1 amide bonds. The smallest absolute Gasteiger partial charge is 0.249 e. The molecule has 0 spiro atoms. The van der Waals surface area contributed by atoms with Crippen LogP contribution in [0.25, 0.3) is 11.0 Å². The molecule has 6 nitrogen and oxygen atoms in total. The molecule has 0 saturated carbocycles. The summed E-state index contributed by atoms with van der Waals surface area (Å²) in [5.74, 6) is 0.282. The molecular formula is C16H21FN4O2. The van der Waals surface area contributed by atoms with Crippen molar-refractivity contribution in [3.63, 3.8) is 0 Å². The number of rotatable bonds is 5. The minimum Gasteiger partial charge on any atom is -0.364 e. The number of carbonyl (C=O) groups excluding carboxylic acids is 1. The number of aromatic nitrogens is 2. The summed E-state index contributed by atoms with van der Waals surface area (Å²) < 4.78 is 21.1. The number of benzene rings is 1. The third-order valence-corrected chi connectivity index (χ3v) is 4.27. The highest BCUT2D eigenvalue weighted by Crippen LogP contribution is 2.19. The minimum atomic E-state index is -0.415. The Labute approximate surface area is 133 Å². The summed E-state index contributed by atoms with van der Waals surface area (Å²) in [4.78, 5) is 16.4. The Morgan fingerprint density at radius 2 is 2.35 bits per heavy atom. The Bertz CT molecular complexity index is 715. The maximum atomic E-state index is 13.7. The Hall–Kier alpha value is -1.99. The Morgan fingerprint density at radius 3 is 3.04 bits per heavy atom. The lowest BCUT2D eigenvalue weighted by molar-refractivity contribution is -0.131. The van der Waals surface area contributed by atoms with Crippen LogP contribution in [0.5, 0.6) is 0 Å². The minimum absolute atomic E-state index is 0.0198. The predicted octanol–water partition coefficient (Wildman–Crippen LogP) is 0.877. The fourth-order valence-corrected chi connectivity index (χ4v) is 2.94. The molecule has 3 N–H and O–H groups in total. The molecule has 1 aliphatic heterocycles. The number of fused-ring (bicyclic) bond motifs is 1. The highest BCUT2D eigenvalue weighted by molar-refractivity contribution is 5.81. The first-order valence-corrected chi connectivity index (χ1v) is 7.83. The lowest BCUT2D eigenvalue weighted by Gasteiger charge is -2.12. The zero-order valence-electron chi connectivity index (χ0n) is 13.1. The highest BCUT2D eigenvalue weighted by Gasteiger charge is 2.29. The van der Waals surface area contributed by atoms with Gasteiger partial charge in [-0.2, -0.15) is 0 Å². The van der Waals surface area contributed by atoms with E-state index in [1.807, 2.05) is 17.7 Å². The Kier molecular flexibility index (Phi) is 4.58. The Morgan fingerprint density at radius 1 is 1.52 bits per heavy atom. The van der Waals surface area contributed by atoms with Crippen molar-refractivity contribution < 1.29 is 13.9 Å². The van der Waals surface area contributed by atoms with Crippen LogP contribution >= 0.6 is 0 Å². The number of nitrogens with one attached hydrogen (secondary N) is 1. The van der Waals surface area contributed by atoms with Crippen LogP contribution in [0.4, 0.5) is 4.39 Å². The number of amides is 1. The van der Waals surface area contributed by atoms with E-state index in [1.54, 1.807) is 6.07 Å². The summed E-state index contributed by atoms with van der Waals surface area (Å²) in [5, 5.41) is 2.85. The molecule has 1 aromatic carbocycles. The second-order valence-corrected chi connectivity index (χ2v) is 5.80. The molecule has 1 aromatic heterocycles. The zero-order valence-corrected chi connectivity index (χ0v) is 13.1. The normalized spacial score (nSPS) is 21.0. The van der Waals surface area contributed by atoms with Crippen LogP contribution in [0.3, 0.4) is 0 Å². The van der Waals surface area contributed by atoms with E-state index in [-0.39, 0.29) is 17.8 Å². The van der Waals surface area contributed by atoms with Crippen LogP contribution in [0, 0.1) is 5.82 Å².